The van der Waals surface area contributed by atoms with Gasteiger partial charge in [0.15, 0.2) is 6.61 Å². The zero-order valence-electron chi connectivity index (χ0n) is 14.6. The van der Waals surface area contributed by atoms with Gasteiger partial charge in [-0.1, -0.05) is 35.9 Å². The van der Waals surface area contributed by atoms with E-state index in [-0.39, 0.29) is 25.6 Å². The highest BCUT2D eigenvalue weighted by Gasteiger charge is 2.19. The smallest absolute Gasteiger partial charge is 0.258 e. The molecule has 0 fully saturated rings. The van der Waals surface area contributed by atoms with Crippen molar-refractivity contribution in [2.24, 2.45) is 0 Å². The minimum atomic E-state index is -3.52. The fourth-order valence-corrected chi connectivity index (χ4v) is 3.47. The van der Waals surface area contributed by atoms with Gasteiger partial charge < -0.3 is 10.1 Å². The van der Waals surface area contributed by atoms with Gasteiger partial charge in [0.05, 0.1) is 18.5 Å². The summed E-state index contributed by atoms with van der Waals surface area (Å²) in [5.74, 6) is 0.264. The van der Waals surface area contributed by atoms with Crippen LogP contribution in [-0.4, -0.2) is 40.3 Å². The predicted molar refractivity (Wildman–Crippen MR) is 103 cm³/mol. The summed E-state index contributed by atoms with van der Waals surface area (Å²) in [6.07, 6.45) is 1.12. The van der Waals surface area contributed by atoms with Gasteiger partial charge in [-0.15, -0.1) is 0 Å². The van der Waals surface area contributed by atoms with Crippen molar-refractivity contribution >= 4 is 33.2 Å². The average molecular weight is 397 g/mol. The van der Waals surface area contributed by atoms with E-state index in [1.54, 1.807) is 37.3 Å². The number of hydrogen-bond acceptors (Lipinski definition) is 4. The maximum Gasteiger partial charge on any atom is 0.258 e. The Kier molecular flexibility index (Phi) is 6.88. The number of hydrogen-bond donors (Lipinski definition) is 1. The fraction of sp³-hybridized carbons (Fsp3) is 0.278. The van der Waals surface area contributed by atoms with Gasteiger partial charge >= 0.3 is 0 Å². The number of amides is 1. The minimum Gasteiger partial charge on any atom is -0.484 e. The summed E-state index contributed by atoms with van der Waals surface area (Å²) in [6.45, 7) is 1.91. The van der Waals surface area contributed by atoms with Crippen LogP contribution >= 0.6 is 11.6 Å². The summed E-state index contributed by atoms with van der Waals surface area (Å²) in [4.78, 5) is 11.9. The molecule has 2 aromatic carbocycles. The number of carbonyl (C=O) groups is 1. The number of benzene rings is 2. The molecule has 26 heavy (non-hydrogen) atoms. The van der Waals surface area contributed by atoms with E-state index >= 15 is 0 Å². The zero-order valence-corrected chi connectivity index (χ0v) is 16.2. The van der Waals surface area contributed by atoms with Gasteiger partial charge in [-0.2, -0.15) is 0 Å². The molecule has 0 atom stereocenters. The van der Waals surface area contributed by atoms with Crippen LogP contribution in [0.1, 0.15) is 5.56 Å². The van der Waals surface area contributed by atoms with Crippen LogP contribution in [0.5, 0.6) is 5.75 Å². The first kappa shape index (κ1) is 20.1. The molecule has 0 unspecified atom stereocenters. The van der Waals surface area contributed by atoms with Gasteiger partial charge in [0.25, 0.3) is 5.91 Å². The van der Waals surface area contributed by atoms with Crippen molar-refractivity contribution in [1.29, 1.82) is 0 Å². The normalized spacial score (nSPS) is 11.0. The molecule has 0 saturated carbocycles. The van der Waals surface area contributed by atoms with E-state index in [2.05, 4.69) is 5.32 Å². The molecular formula is C18H21ClN2O4S. The number of sulfonamides is 1. The third-order valence-corrected chi connectivity index (χ3v) is 5.01. The largest absolute Gasteiger partial charge is 0.484 e. The van der Waals surface area contributed by atoms with Crippen molar-refractivity contribution in [2.75, 3.05) is 30.3 Å². The lowest BCUT2D eigenvalue weighted by Crippen LogP contribution is -2.39. The number of ether oxygens (including phenoxy) is 1. The van der Waals surface area contributed by atoms with Gasteiger partial charge in [0.1, 0.15) is 5.75 Å². The summed E-state index contributed by atoms with van der Waals surface area (Å²) in [5, 5.41) is 3.10. The summed E-state index contributed by atoms with van der Waals surface area (Å²) in [6, 6.07) is 14.0. The van der Waals surface area contributed by atoms with Crippen molar-refractivity contribution < 1.29 is 17.9 Å². The number of anilines is 1. The summed E-state index contributed by atoms with van der Waals surface area (Å²) in [7, 11) is -3.52. The minimum absolute atomic E-state index is 0.0943. The Morgan fingerprint density at radius 3 is 2.54 bits per heavy atom. The molecule has 0 aliphatic carbocycles. The van der Waals surface area contributed by atoms with Gasteiger partial charge in [-0.25, -0.2) is 8.42 Å². The number of rotatable bonds is 8. The van der Waals surface area contributed by atoms with Crippen LogP contribution < -0.4 is 14.4 Å². The third kappa shape index (κ3) is 5.93. The van der Waals surface area contributed by atoms with E-state index in [4.69, 9.17) is 16.3 Å². The molecule has 0 heterocycles. The van der Waals surface area contributed by atoms with Crippen molar-refractivity contribution in [2.45, 2.75) is 6.92 Å². The number of para-hydroxylation sites is 1. The quantitative estimate of drug-likeness (QED) is 0.744. The molecule has 8 heteroatoms. The highest BCUT2D eigenvalue weighted by molar-refractivity contribution is 7.92. The lowest BCUT2D eigenvalue weighted by molar-refractivity contribution is -0.123. The van der Waals surface area contributed by atoms with Gasteiger partial charge in [0.2, 0.25) is 10.0 Å². The Morgan fingerprint density at radius 1 is 1.19 bits per heavy atom. The van der Waals surface area contributed by atoms with E-state index in [1.807, 2.05) is 18.2 Å². The van der Waals surface area contributed by atoms with Gasteiger partial charge in [0, 0.05) is 11.6 Å². The third-order valence-electron chi connectivity index (χ3n) is 3.59. The van der Waals surface area contributed by atoms with Crippen LogP contribution in [-0.2, 0) is 14.8 Å². The number of nitrogens with one attached hydrogen (secondary N) is 1. The zero-order chi connectivity index (χ0) is 19.2. The molecule has 0 aliphatic heterocycles. The first-order chi connectivity index (χ1) is 12.3. The summed E-state index contributed by atoms with van der Waals surface area (Å²) >= 11 is 5.99. The molecule has 140 valence electrons. The van der Waals surface area contributed by atoms with Crippen LogP contribution in [0.2, 0.25) is 5.02 Å². The van der Waals surface area contributed by atoms with E-state index in [9.17, 15) is 13.2 Å². The Morgan fingerprint density at radius 2 is 1.88 bits per heavy atom. The SMILES string of the molecule is Cc1ccc(Cl)cc1N(CCNC(=O)COc1ccccc1)S(C)(=O)=O. The van der Waals surface area contributed by atoms with Crippen LogP contribution in [0.15, 0.2) is 48.5 Å². The Balaban J connectivity index is 1.94. The van der Waals surface area contributed by atoms with Crippen LogP contribution in [0.4, 0.5) is 5.69 Å². The summed E-state index contributed by atoms with van der Waals surface area (Å²) < 4.78 is 30.8. The van der Waals surface area contributed by atoms with E-state index in [0.29, 0.717) is 16.5 Å². The average Bonchev–Trinajstić information content (AvgIpc) is 2.59. The topological polar surface area (TPSA) is 75.7 Å². The molecular weight excluding hydrogens is 376 g/mol. The van der Waals surface area contributed by atoms with Crippen LogP contribution in [0.25, 0.3) is 0 Å². The second kappa shape index (κ2) is 8.91. The number of carbonyl (C=O) groups excluding carboxylic acids is 1. The van der Waals surface area contributed by atoms with E-state index in [0.717, 1.165) is 11.8 Å². The first-order valence-corrected chi connectivity index (χ1v) is 10.2. The first-order valence-electron chi connectivity index (χ1n) is 7.96. The fourth-order valence-electron chi connectivity index (χ4n) is 2.33. The second-order valence-electron chi connectivity index (χ2n) is 5.72. The van der Waals surface area contributed by atoms with Crippen molar-refractivity contribution in [1.82, 2.24) is 5.32 Å². The van der Waals surface area contributed by atoms with E-state index < -0.39 is 10.0 Å². The molecule has 0 aliphatic rings. The highest BCUT2D eigenvalue weighted by atomic mass is 35.5. The number of nitrogens with zero attached hydrogens (tertiary/aromatic N) is 1. The second-order valence-corrected chi connectivity index (χ2v) is 8.06. The van der Waals surface area contributed by atoms with Crippen molar-refractivity contribution in [3.63, 3.8) is 0 Å². The maximum atomic E-state index is 12.1. The van der Waals surface area contributed by atoms with Gasteiger partial charge in [-0.3, -0.25) is 9.10 Å². The standard InChI is InChI=1S/C18H21ClN2O4S/c1-14-8-9-15(19)12-17(14)21(26(2,23)24)11-10-20-18(22)13-25-16-6-4-3-5-7-16/h3-9,12H,10-11,13H2,1-2H3,(H,20,22). The lowest BCUT2D eigenvalue weighted by atomic mass is 10.2. The Labute approximate surface area is 158 Å². The molecule has 0 radical (unpaired) electrons. The van der Waals surface area contributed by atoms with Gasteiger partial charge in [-0.05, 0) is 36.8 Å². The molecule has 6 nitrogen and oxygen atoms in total. The van der Waals surface area contributed by atoms with Crippen LogP contribution in [0, 0.1) is 6.92 Å². The predicted octanol–water partition coefficient (Wildman–Crippen LogP) is 2.61. The Hall–Kier alpha value is -2.25. The monoisotopic (exact) mass is 396 g/mol. The van der Waals surface area contributed by atoms with Crippen molar-refractivity contribution in [3.05, 3.63) is 59.1 Å². The van der Waals surface area contributed by atoms with Crippen LogP contribution in [0.3, 0.4) is 0 Å². The number of halogens is 1. The lowest BCUT2D eigenvalue weighted by Gasteiger charge is -2.24. The maximum absolute atomic E-state index is 12.1. The molecule has 2 aromatic rings. The molecule has 1 amide bonds. The summed E-state index contributed by atoms with van der Waals surface area (Å²) in [5.41, 5.74) is 1.27. The highest BCUT2D eigenvalue weighted by Crippen LogP contribution is 2.25. The molecule has 1 N–H and O–H groups in total. The molecule has 0 bridgehead atoms. The molecule has 0 spiro atoms. The molecule has 0 aromatic heterocycles. The Bertz CT molecular complexity index is 857. The molecule has 0 saturated heterocycles. The van der Waals surface area contributed by atoms with Crippen molar-refractivity contribution in [3.8, 4) is 5.75 Å². The molecule has 2 rings (SSSR count). The van der Waals surface area contributed by atoms with E-state index in [1.165, 1.54) is 4.31 Å². The number of aryl methyl sites for hydroxylation is 1.